The highest BCUT2D eigenvalue weighted by atomic mass is 16.5. The number of ether oxygens (including phenoxy) is 1. The molecule has 0 amide bonds. The van der Waals surface area contributed by atoms with Crippen LogP contribution in [0.3, 0.4) is 0 Å². The van der Waals surface area contributed by atoms with Crippen molar-refractivity contribution in [3.63, 3.8) is 0 Å². The molecule has 3 heteroatoms. The Morgan fingerprint density at radius 2 is 1.52 bits per heavy atom. The first kappa shape index (κ1) is 17.6. The molecule has 3 nitrogen and oxygen atoms in total. The summed E-state index contributed by atoms with van der Waals surface area (Å²) in [6.07, 6.45) is 0.0151. The van der Waals surface area contributed by atoms with E-state index in [1.165, 1.54) is 11.3 Å². The van der Waals surface area contributed by atoms with Gasteiger partial charge in [0, 0.05) is 31.3 Å². The molecule has 0 aliphatic carbocycles. The van der Waals surface area contributed by atoms with E-state index in [4.69, 9.17) is 4.74 Å². The number of anilines is 1. The third-order valence-electron chi connectivity index (χ3n) is 5.34. The number of aliphatic hydroxyl groups excluding tert-OH is 1. The van der Waals surface area contributed by atoms with Crippen molar-refractivity contribution in [2.24, 2.45) is 5.92 Å². The first-order valence-corrected chi connectivity index (χ1v) is 9.38. The normalized spacial score (nSPS) is 21.2. The average Bonchev–Trinajstić information content (AvgIpc) is 2.71. The highest BCUT2D eigenvalue weighted by Gasteiger charge is 2.38. The fourth-order valence-electron chi connectivity index (χ4n) is 3.83. The van der Waals surface area contributed by atoms with Crippen LogP contribution in [0.4, 0.5) is 5.69 Å². The van der Waals surface area contributed by atoms with Crippen LogP contribution in [-0.4, -0.2) is 19.2 Å². The van der Waals surface area contributed by atoms with Crippen molar-refractivity contribution in [2.75, 3.05) is 19.0 Å². The SMILES string of the molecule is CN(C)c1ccc(C[C@@H]2[C@@H](O)c3ccccc3O[C@H]2c2ccccc2)cc1. The Morgan fingerprint density at radius 3 is 2.22 bits per heavy atom. The van der Waals surface area contributed by atoms with E-state index >= 15 is 0 Å². The van der Waals surface area contributed by atoms with Crippen LogP contribution in [0.2, 0.25) is 0 Å². The largest absolute Gasteiger partial charge is 0.485 e. The highest BCUT2D eigenvalue weighted by Crippen LogP contribution is 2.46. The van der Waals surface area contributed by atoms with Crippen LogP contribution in [0.5, 0.6) is 5.75 Å². The number of para-hydroxylation sites is 1. The third-order valence-corrected chi connectivity index (χ3v) is 5.34. The summed E-state index contributed by atoms with van der Waals surface area (Å²) in [5.74, 6) is 0.727. The molecule has 0 saturated carbocycles. The monoisotopic (exact) mass is 359 g/mol. The lowest BCUT2D eigenvalue weighted by Gasteiger charge is -2.37. The Bertz CT molecular complexity index is 890. The van der Waals surface area contributed by atoms with Gasteiger partial charge in [0.1, 0.15) is 11.9 Å². The first-order valence-electron chi connectivity index (χ1n) is 9.38. The predicted octanol–water partition coefficient (Wildman–Crippen LogP) is 4.78. The van der Waals surface area contributed by atoms with Gasteiger partial charge in [-0.15, -0.1) is 0 Å². The maximum atomic E-state index is 11.2. The average molecular weight is 359 g/mol. The van der Waals surface area contributed by atoms with Gasteiger partial charge in [-0.1, -0.05) is 60.7 Å². The zero-order chi connectivity index (χ0) is 18.8. The minimum Gasteiger partial charge on any atom is -0.485 e. The van der Waals surface area contributed by atoms with Gasteiger partial charge >= 0.3 is 0 Å². The van der Waals surface area contributed by atoms with E-state index in [9.17, 15) is 5.11 Å². The summed E-state index contributed by atoms with van der Waals surface area (Å²) in [6.45, 7) is 0. The number of rotatable bonds is 4. The zero-order valence-corrected chi connectivity index (χ0v) is 15.7. The highest BCUT2D eigenvalue weighted by molar-refractivity contribution is 5.46. The van der Waals surface area contributed by atoms with Crippen molar-refractivity contribution in [1.82, 2.24) is 0 Å². The molecule has 138 valence electrons. The minimum absolute atomic E-state index is 0.0486. The van der Waals surface area contributed by atoms with Gasteiger partial charge in [0.15, 0.2) is 0 Å². The minimum atomic E-state index is -0.561. The molecule has 4 rings (SSSR count). The Morgan fingerprint density at radius 1 is 0.852 bits per heavy atom. The van der Waals surface area contributed by atoms with Crippen LogP contribution in [0, 0.1) is 5.92 Å². The molecule has 1 N–H and O–H groups in total. The molecule has 1 aliphatic heterocycles. The van der Waals surface area contributed by atoms with Crippen molar-refractivity contribution in [2.45, 2.75) is 18.6 Å². The fourth-order valence-corrected chi connectivity index (χ4v) is 3.83. The van der Waals surface area contributed by atoms with Crippen molar-refractivity contribution in [1.29, 1.82) is 0 Å². The van der Waals surface area contributed by atoms with Crippen LogP contribution < -0.4 is 9.64 Å². The molecule has 0 fully saturated rings. The van der Waals surface area contributed by atoms with Gasteiger partial charge in [0.2, 0.25) is 0 Å². The van der Waals surface area contributed by atoms with E-state index in [-0.39, 0.29) is 12.0 Å². The van der Waals surface area contributed by atoms with Gasteiger partial charge in [0.25, 0.3) is 0 Å². The Kier molecular flexibility index (Phi) is 4.87. The molecule has 0 saturated heterocycles. The summed E-state index contributed by atoms with van der Waals surface area (Å²) in [7, 11) is 4.08. The summed E-state index contributed by atoms with van der Waals surface area (Å²) in [6, 6.07) is 26.5. The van der Waals surface area contributed by atoms with Crippen molar-refractivity contribution < 1.29 is 9.84 Å². The second-order valence-corrected chi connectivity index (χ2v) is 7.36. The molecule has 0 aromatic heterocycles. The maximum Gasteiger partial charge on any atom is 0.130 e. The molecule has 0 unspecified atom stereocenters. The van der Waals surface area contributed by atoms with Gasteiger partial charge in [-0.25, -0.2) is 0 Å². The van der Waals surface area contributed by atoms with E-state index in [1.54, 1.807) is 0 Å². The number of nitrogens with zero attached hydrogens (tertiary/aromatic N) is 1. The molecule has 0 spiro atoms. The molecule has 3 atom stereocenters. The molecule has 0 radical (unpaired) electrons. The molecule has 1 aliphatic rings. The van der Waals surface area contributed by atoms with Crippen molar-refractivity contribution in [3.8, 4) is 5.75 Å². The topological polar surface area (TPSA) is 32.7 Å². The van der Waals surface area contributed by atoms with E-state index in [2.05, 4.69) is 41.3 Å². The number of hydrogen-bond acceptors (Lipinski definition) is 3. The molecular weight excluding hydrogens is 334 g/mol. The van der Waals surface area contributed by atoms with Crippen LogP contribution in [-0.2, 0) is 6.42 Å². The van der Waals surface area contributed by atoms with Crippen LogP contribution in [0.1, 0.15) is 28.9 Å². The summed E-state index contributed by atoms with van der Waals surface area (Å²) in [5, 5.41) is 11.2. The lowest BCUT2D eigenvalue weighted by Crippen LogP contribution is -2.31. The third kappa shape index (κ3) is 3.56. The first-order chi connectivity index (χ1) is 13.1. The summed E-state index contributed by atoms with van der Waals surface area (Å²) in [5.41, 5.74) is 4.35. The van der Waals surface area contributed by atoms with Gasteiger partial charge in [-0.2, -0.15) is 0 Å². The number of fused-ring (bicyclic) bond motifs is 1. The van der Waals surface area contributed by atoms with Crippen LogP contribution in [0.25, 0.3) is 0 Å². The number of hydrogen-bond donors (Lipinski definition) is 1. The molecule has 3 aromatic rings. The molecular formula is C24H25NO2. The molecule has 1 heterocycles. The fraction of sp³-hybridized carbons (Fsp3) is 0.250. The van der Waals surface area contributed by atoms with E-state index in [0.717, 1.165) is 23.3 Å². The van der Waals surface area contributed by atoms with Crippen molar-refractivity contribution in [3.05, 3.63) is 95.6 Å². The van der Waals surface area contributed by atoms with Gasteiger partial charge in [0.05, 0.1) is 6.10 Å². The van der Waals surface area contributed by atoms with Crippen LogP contribution in [0.15, 0.2) is 78.9 Å². The molecule has 3 aromatic carbocycles. The second-order valence-electron chi connectivity index (χ2n) is 7.36. The van der Waals surface area contributed by atoms with Gasteiger partial charge < -0.3 is 14.7 Å². The predicted molar refractivity (Wildman–Crippen MR) is 109 cm³/mol. The Labute approximate surface area is 160 Å². The second kappa shape index (κ2) is 7.45. The standard InChI is InChI=1S/C24H25NO2/c1-25(2)19-14-12-17(13-15-19)16-21-23(26)20-10-6-7-11-22(20)27-24(21)18-8-4-3-5-9-18/h3-15,21,23-24,26H,16H2,1-2H3/t21-,23+,24+/m1/s1. The lowest BCUT2D eigenvalue weighted by molar-refractivity contribution is -0.00177. The van der Waals surface area contributed by atoms with E-state index < -0.39 is 6.10 Å². The molecule has 0 bridgehead atoms. The van der Waals surface area contributed by atoms with Crippen molar-refractivity contribution >= 4 is 5.69 Å². The summed E-state index contributed by atoms with van der Waals surface area (Å²) >= 11 is 0. The smallest absolute Gasteiger partial charge is 0.130 e. The lowest BCUT2D eigenvalue weighted by atomic mass is 9.80. The van der Waals surface area contributed by atoms with E-state index in [1.807, 2.05) is 56.6 Å². The maximum absolute atomic E-state index is 11.2. The number of benzene rings is 3. The van der Waals surface area contributed by atoms with Gasteiger partial charge in [-0.05, 0) is 35.7 Å². The van der Waals surface area contributed by atoms with Crippen LogP contribution >= 0.6 is 0 Å². The van der Waals surface area contributed by atoms with Gasteiger partial charge in [-0.3, -0.25) is 0 Å². The zero-order valence-electron chi connectivity index (χ0n) is 15.7. The molecule has 27 heavy (non-hydrogen) atoms. The summed E-state index contributed by atoms with van der Waals surface area (Å²) in [4.78, 5) is 2.09. The van der Waals surface area contributed by atoms with E-state index in [0.29, 0.717) is 0 Å². The summed E-state index contributed by atoms with van der Waals surface area (Å²) < 4.78 is 6.37. The number of aliphatic hydroxyl groups is 1. The Balaban J connectivity index is 1.68. The Hall–Kier alpha value is -2.78. The quantitative estimate of drug-likeness (QED) is 0.728.